The summed E-state index contributed by atoms with van der Waals surface area (Å²) in [4.78, 5) is 30.4. The van der Waals surface area contributed by atoms with Gasteiger partial charge in [0.1, 0.15) is 6.04 Å². The van der Waals surface area contributed by atoms with Gasteiger partial charge in [-0.3, -0.25) is 4.79 Å². The highest BCUT2D eigenvalue weighted by Gasteiger charge is 2.36. The Morgan fingerprint density at radius 3 is 2.65 bits per heavy atom. The van der Waals surface area contributed by atoms with Crippen molar-refractivity contribution in [3.63, 3.8) is 0 Å². The van der Waals surface area contributed by atoms with Gasteiger partial charge in [-0.15, -0.1) is 0 Å². The first kappa shape index (κ1) is 18.2. The maximum Gasteiger partial charge on any atom is 0.326 e. The molecule has 0 radical (unpaired) electrons. The molecule has 2 aromatic rings. The zero-order chi connectivity index (χ0) is 18.7. The number of aliphatic carboxylic acids is 1. The molecule has 0 fully saturated rings. The average Bonchev–Trinajstić information content (AvgIpc) is 3.01. The van der Waals surface area contributed by atoms with Gasteiger partial charge in [-0.05, 0) is 17.9 Å². The molecule has 6 nitrogen and oxygen atoms in total. The number of carboxylic acids is 1. The summed E-state index contributed by atoms with van der Waals surface area (Å²) in [5, 5.41) is 9.67. The first-order valence-electron chi connectivity index (χ1n) is 9.04. The van der Waals surface area contributed by atoms with E-state index in [2.05, 4.69) is 18.8 Å². The minimum absolute atomic E-state index is 0.175. The maximum atomic E-state index is 12.7. The van der Waals surface area contributed by atoms with E-state index in [4.69, 9.17) is 0 Å². The molecule has 0 spiro atoms. The quantitative estimate of drug-likeness (QED) is 0.864. The molecule has 1 aliphatic rings. The van der Waals surface area contributed by atoms with Crippen LogP contribution in [0.15, 0.2) is 36.7 Å². The van der Waals surface area contributed by atoms with E-state index < -0.39 is 12.0 Å². The van der Waals surface area contributed by atoms with E-state index >= 15 is 0 Å². The van der Waals surface area contributed by atoms with Crippen molar-refractivity contribution in [1.82, 2.24) is 14.5 Å². The summed E-state index contributed by atoms with van der Waals surface area (Å²) >= 11 is 0. The second-order valence-electron chi connectivity index (χ2n) is 7.26. The van der Waals surface area contributed by atoms with Crippen LogP contribution in [0.3, 0.4) is 0 Å². The number of aryl methyl sites for hydroxylation is 1. The number of fused-ring (bicyclic) bond motifs is 1. The van der Waals surface area contributed by atoms with Crippen LogP contribution in [0.25, 0.3) is 0 Å². The summed E-state index contributed by atoms with van der Waals surface area (Å²) in [7, 11) is 0. The fourth-order valence-electron chi connectivity index (χ4n) is 3.33. The molecule has 26 heavy (non-hydrogen) atoms. The smallest absolute Gasteiger partial charge is 0.326 e. The number of rotatable bonds is 6. The summed E-state index contributed by atoms with van der Waals surface area (Å²) in [6.45, 7) is 5.40. The number of benzene rings is 1. The molecule has 1 amide bonds. The summed E-state index contributed by atoms with van der Waals surface area (Å²) in [6, 6.07) is 8.57. The molecule has 0 saturated carbocycles. The molecule has 2 heterocycles. The van der Waals surface area contributed by atoms with E-state index in [0.29, 0.717) is 12.3 Å². The van der Waals surface area contributed by atoms with Crippen LogP contribution in [-0.4, -0.2) is 37.5 Å². The van der Waals surface area contributed by atoms with Gasteiger partial charge in [-0.2, -0.15) is 0 Å². The Balaban J connectivity index is 1.79. The summed E-state index contributed by atoms with van der Waals surface area (Å²) in [5.41, 5.74) is 2.64. The third-order valence-corrected chi connectivity index (χ3v) is 4.87. The third kappa shape index (κ3) is 3.95. The lowest BCUT2D eigenvalue weighted by atomic mass is 10.0. The van der Waals surface area contributed by atoms with E-state index in [1.165, 1.54) is 4.90 Å². The van der Waals surface area contributed by atoms with Crippen LogP contribution in [0.5, 0.6) is 0 Å². The summed E-state index contributed by atoms with van der Waals surface area (Å²) in [6.07, 6.45) is 3.30. The summed E-state index contributed by atoms with van der Waals surface area (Å²) in [5.74, 6) is -0.574. The molecule has 1 atom stereocenters. The number of hydrogen-bond donors (Lipinski definition) is 1. The molecule has 1 N–H and O–H groups in total. The highest BCUT2D eigenvalue weighted by atomic mass is 16.4. The molecular formula is C20H25N3O3. The highest BCUT2D eigenvalue weighted by Crippen LogP contribution is 2.24. The lowest BCUT2D eigenvalue weighted by molar-refractivity contribution is -0.151. The Morgan fingerprint density at radius 2 is 2.00 bits per heavy atom. The largest absolute Gasteiger partial charge is 0.480 e. The van der Waals surface area contributed by atoms with Crippen molar-refractivity contribution in [2.45, 2.75) is 52.2 Å². The predicted molar refractivity (Wildman–Crippen MR) is 97.5 cm³/mol. The van der Waals surface area contributed by atoms with E-state index in [0.717, 1.165) is 29.9 Å². The van der Waals surface area contributed by atoms with Gasteiger partial charge in [-0.25, -0.2) is 9.78 Å². The normalized spacial score (nSPS) is 16.6. The number of carbonyl (C=O) groups is 2. The molecule has 3 rings (SSSR count). The molecule has 0 saturated heterocycles. The molecule has 1 aromatic carbocycles. The number of imidazole rings is 1. The topological polar surface area (TPSA) is 75.4 Å². The average molecular weight is 355 g/mol. The second kappa shape index (κ2) is 7.72. The zero-order valence-corrected chi connectivity index (χ0v) is 15.3. The standard InChI is InChI=1S/C20H25N3O3/c1-14(2)8-9-22-13-21-16-12-23(18(20(25)26)11-17(16)22)19(24)10-15-6-4-3-5-7-15/h3-7,13-14,18H,8-12H2,1-2H3,(H,25,26). The lowest BCUT2D eigenvalue weighted by Crippen LogP contribution is -2.49. The van der Waals surface area contributed by atoms with Crippen molar-refractivity contribution in [3.8, 4) is 0 Å². The van der Waals surface area contributed by atoms with E-state index in [1.54, 1.807) is 6.33 Å². The van der Waals surface area contributed by atoms with Crippen molar-refractivity contribution in [3.05, 3.63) is 53.6 Å². The van der Waals surface area contributed by atoms with Crippen LogP contribution in [0.4, 0.5) is 0 Å². The first-order valence-corrected chi connectivity index (χ1v) is 9.04. The Kier molecular flexibility index (Phi) is 5.40. The van der Waals surface area contributed by atoms with Gasteiger partial charge in [0.2, 0.25) is 5.91 Å². The lowest BCUT2D eigenvalue weighted by Gasteiger charge is -2.33. The molecule has 138 valence electrons. The fraction of sp³-hybridized carbons (Fsp3) is 0.450. The maximum absolute atomic E-state index is 12.7. The van der Waals surface area contributed by atoms with Gasteiger partial charge in [0, 0.05) is 18.7 Å². The van der Waals surface area contributed by atoms with Crippen LogP contribution in [0.1, 0.15) is 37.2 Å². The third-order valence-electron chi connectivity index (χ3n) is 4.87. The molecule has 0 bridgehead atoms. The Labute approximate surface area is 153 Å². The Bertz CT molecular complexity index is 783. The van der Waals surface area contributed by atoms with E-state index in [1.807, 2.05) is 34.9 Å². The highest BCUT2D eigenvalue weighted by molar-refractivity contribution is 5.85. The number of hydrogen-bond acceptors (Lipinski definition) is 3. The minimum atomic E-state index is -0.964. The van der Waals surface area contributed by atoms with Gasteiger partial charge < -0.3 is 14.6 Å². The fourth-order valence-corrected chi connectivity index (χ4v) is 3.33. The van der Waals surface area contributed by atoms with E-state index in [9.17, 15) is 14.7 Å². The van der Waals surface area contributed by atoms with Gasteiger partial charge in [0.25, 0.3) is 0 Å². The van der Waals surface area contributed by atoms with Crippen LogP contribution in [0, 0.1) is 5.92 Å². The Morgan fingerprint density at radius 1 is 1.27 bits per heavy atom. The molecule has 6 heteroatoms. The molecule has 0 aliphatic carbocycles. The SMILES string of the molecule is CC(C)CCn1cnc2c1CC(C(=O)O)N(C(=O)Cc1ccccc1)C2. The van der Waals surface area contributed by atoms with Crippen molar-refractivity contribution in [1.29, 1.82) is 0 Å². The predicted octanol–water partition coefficient (Wildman–Crippen LogP) is 2.51. The monoisotopic (exact) mass is 355 g/mol. The minimum Gasteiger partial charge on any atom is -0.480 e. The van der Waals surface area contributed by atoms with Gasteiger partial charge >= 0.3 is 5.97 Å². The zero-order valence-electron chi connectivity index (χ0n) is 15.3. The number of nitrogens with zero attached hydrogens (tertiary/aromatic N) is 3. The van der Waals surface area contributed by atoms with Gasteiger partial charge in [0.05, 0.1) is 25.0 Å². The van der Waals surface area contributed by atoms with Gasteiger partial charge in [0.15, 0.2) is 0 Å². The number of aromatic nitrogens is 2. The van der Waals surface area contributed by atoms with Crippen molar-refractivity contribution in [2.75, 3.05) is 0 Å². The number of carbonyl (C=O) groups excluding carboxylic acids is 1. The first-order chi connectivity index (χ1) is 12.5. The molecule has 1 unspecified atom stereocenters. The number of carboxylic acid groups (broad SMARTS) is 1. The molecular weight excluding hydrogens is 330 g/mol. The van der Waals surface area contributed by atoms with Crippen LogP contribution in [0.2, 0.25) is 0 Å². The van der Waals surface area contributed by atoms with Crippen molar-refractivity contribution < 1.29 is 14.7 Å². The van der Waals surface area contributed by atoms with Crippen molar-refractivity contribution in [2.24, 2.45) is 5.92 Å². The van der Waals surface area contributed by atoms with Crippen molar-refractivity contribution >= 4 is 11.9 Å². The molecule has 1 aliphatic heterocycles. The number of amides is 1. The van der Waals surface area contributed by atoms with E-state index in [-0.39, 0.29) is 18.9 Å². The molecule has 1 aromatic heterocycles. The Hall–Kier alpha value is -2.63. The second-order valence-corrected chi connectivity index (χ2v) is 7.26. The van der Waals surface area contributed by atoms with Crippen LogP contribution >= 0.6 is 0 Å². The van der Waals surface area contributed by atoms with Crippen LogP contribution in [-0.2, 0) is 35.5 Å². The van der Waals surface area contributed by atoms with Crippen LogP contribution < -0.4 is 0 Å². The summed E-state index contributed by atoms with van der Waals surface area (Å²) < 4.78 is 2.05. The van der Waals surface area contributed by atoms with Gasteiger partial charge in [-0.1, -0.05) is 44.2 Å².